The lowest BCUT2D eigenvalue weighted by molar-refractivity contribution is -0.761. The van der Waals surface area contributed by atoms with Crippen LogP contribution in [0.2, 0.25) is 0 Å². The summed E-state index contributed by atoms with van der Waals surface area (Å²) in [5.41, 5.74) is 0.956. The number of rotatable bonds is 0. The largest absolute Gasteiger partial charge is 0.277 e. The molecule has 0 aromatic heterocycles. The van der Waals surface area contributed by atoms with E-state index in [0.29, 0.717) is 17.2 Å². The van der Waals surface area contributed by atoms with E-state index in [1.807, 2.05) is 18.2 Å². The van der Waals surface area contributed by atoms with Crippen molar-refractivity contribution in [3.05, 3.63) is 34.7 Å². The Morgan fingerprint density at radius 3 is 3.00 bits per heavy atom. The maximum Gasteiger partial charge on any atom is 0.277 e. The summed E-state index contributed by atoms with van der Waals surface area (Å²) >= 11 is 0. The summed E-state index contributed by atoms with van der Waals surface area (Å²) in [6, 6.07) is 7.40. The van der Waals surface area contributed by atoms with Crippen LogP contribution in [0, 0.1) is 4.91 Å². The Balaban J connectivity index is 2.51. The molecule has 0 N–H and O–H groups in total. The summed E-state index contributed by atoms with van der Waals surface area (Å²) in [7, 11) is 0. The van der Waals surface area contributed by atoms with E-state index in [4.69, 9.17) is 4.84 Å². The predicted octanol–water partition coefficient (Wildman–Crippen LogP) is 1.27. The molecule has 0 unspecified atom stereocenters. The van der Waals surface area contributed by atoms with Crippen LogP contribution in [0.3, 0.4) is 0 Å². The van der Waals surface area contributed by atoms with Crippen molar-refractivity contribution in [3.8, 4) is 5.75 Å². The van der Waals surface area contributed by atoms with Gasteiger partial charge in [-0.3, -0.25) is 0 Å². The standard InChI is InChI=1S/C7H6NO2/c9-8-5-6-3-1-2-4-7(6)10-8/h1-4H,5H2/q+1. The molecule has 50 valence electrons. The van der Waals surface area contributed by atoms with Crippen LogP contribution in [0.15, 0.2) is 24.3 Å². The predicted molar refractivity (Wildman–Crippen MR) is 34.4 cm³/mol. The molecular weight excluding hydrogens is 130 g/mol. The van der Waals surface area contributed by atoms with Crippen molar-refractivity contribution < 1.29 is 9.76 Å². The van der Waals surface area contributed by atoms with Gasteiger partial charge in [0, 0.05) is 0 Å². The van der Waals surface area contributed by atoms with Gasteiger partial charge in [-0.1, -0.05) is 12.1 Å². The third kappa shape index (κ3) is 0.673. The summed E-state index contributed by atoms with van der Waals surface area (Å²) < 4.78 is 0. The lowest BCUT2D eigenvalue weighted by Gasteiger charge is -1.83. The highest BCUT2D eigenvalue weighted by molar-refractivity contribution is 5.33. The second kappa shape index (κ2) is 1.80. The summed E-state index contributed by atoms with van der Waals surface area (Å²) in [6.07, 6.45) is 0. The van der Waals surface area contributed by atoms with Crippen LogP contribution < -0.4 is 4.84 Å². The Kier molecular flexibility index (Phi) is 0.974. The van der Waals surface area contributed by atoms with Gasteiger partial charge in [0.15, 0.2) is 0 Å². The van der Waals surface area contributed by atoms with Gasteiger partial charge in [-0.05, 0) is 12.1 Å². The molecule has 0 fully saturated rings. The van der Waals surface area contributed by atoms with E-state index in [0.717, 1.165) is 5.56 Å². The Labute approximate surface area is 57.8 Å². The average molecular weight is 136 g/mol. The summed E-state index contributed by atoms with van der Waals surface area (Å²) in [5, 5.41) is 0. The van der Waals surface area contributed by atoms with E-state index in [9.17, 15) is 4.91 Å². The Hall–Kier alpha value is -1.38. The second-order valence-electron chi connectivity index (χ2n) is 2.19. The van der Waals surface area contributed by atoms with Gasteiger partial charge in [0.25, 0.3) is 6.54 Å². The molecule has 1 aliphatic heterocycles. The first-order chi connectivity index (χ1) is 4.86. The van der Waals surface area contributed by atoms with Gasteiger partial charge in [-0.25, -0.2) is 0 Å². The molecule has 0 saturated heterocycles. The monoisotopic (exact) mass is 136 g/mol. The maximum atomic E-state index is 10.6. The van der Waals surface area contributed by atoms with Crippen LogP contribution in [0.5, 0.6) is 5.75 Å². The van der Waals surface area contributed by atoms with Gasteiger partial charge in [-0.15, -0.1) is 0 Å². The molecule has 0 radical (unpaired) electrons. The van der Waals surface area contributed by atoms with Crippen LogP contribution in [-0.2, 0) is 6.54 Å². The van der Waals surface area contributed by atoms with E-state index >= 15 is 0 Å². The van der Waals surface area contributed by atoms with Gasteiger partial charge in [-0.2, -0.15) is 4.84 Å². The molecule has 1 heterocycles. The Bertz CT molecular complexity index is 256. The smallest absolute Gasteiger partial charge is 0.190 e. The molecular formula is C7H6NO2+. The molecule has 3 heteroatoms. The quantitative estimate of drug-likeness (QED) is 0.537. The number of fused-ring (bicyclic) bond motifs is 1. The average Bonchev–Trinajstić information content (AvgIpc) is 2.27. The van der Waals surface area contributed by atoms with Gasteiger partial charge < -0.3 is 0 Å². The molecule has 0 bridgehead atoms. The molecule has 3 nitrogen and oxygen atoms in total. The zero-order chi connectivity index (χ0) is 6.97. The van der Waals surface area contributed by atoms with Gasteiger partial charge in [0.05, 0.1) is 10.5 Å². The fourth-order valence-electron chi connectivity index (χ4n) is 1.00. The summed E-state index contributed by atoms with van der Waals surface area (Å²) in [6.45, 7) is 0.343. The third-order valence-corrected chi connectivity index (χ3v) is 1.47. The number of hydrogen-bond acceptors (Lipinski definition) is 2. The fraction of sp³-hybridized carbons (Fsp3) is 0.143. The normalized spacial score (nSPS) is 14.6. The maximum absolute atomic E-state index is 10.6. The van der Waals surface area contributed by atoms with E-state index in [1.54, 1.807) is 6.07 Å². The number of benzene rings is 1. The Morgan fingerprint density at radius 2 is 2.20 bits per heavy atom. The minimum Gasteiger partial charge on any atom is -0.190 e. The minimum absolute atomic E-state index is 0.343. The van der Waals surface area contributed by atoms with Crippen molar-refractivity contribution >= 4 is 0 Å². The first kappa shape index (κ1) is 5.41. The van der Waals surface area contributed by atoms with Gasteiger partial charge in [0.1, 0.15) is 0 Å². The van der Waals surface area contributed by atoms with Gasteiger partial charge >= 0.3 is 0 Å². The van der Waals surface area contributed by atoms with Crippen molar-refractivity contribution in [2.75, 3.05) is 0 Å². The van der Waals surface area contributed by atoms with Gasteiger partial charge in [0.2, 0.25) is 10.7 Å². The topological polar surface area (TPSA) is 29.3 Å². The number of nitrogens with zero attached hydrogens (tertiary/aromatic N) is 1. The van der Waals surface area contributed by atoms with Crippen LogP contribution in [0.4, 0.5) is 0 Å². The van der Waals surface area contributed by atoms with Crippen molar-refractivity contribution in [2.24, 2.45) is 0 Å². The van der Waals surface area contributed by atoms with Crippen LogP contribution in [-0.4, -0.2) is 4.92 Å². The fourth-order valence-corrected chi connectivity index (χ4v) is 1.00. The van der Waals surface area contributed by atoms with E-state index in [1.165, 1.54) is 0 Å². The molecule has 0 spiro atoms. The van der Waals surface area contributed by atoms with Crippen molar-refractivity contribution in [1.82, 2.24) is 0 Å². The first-order valence-electron chi connectivity index (χ1n) is 3.07. The number of hydrogen-bond donors (Lipinski definition) is 0. The van der Waals surface area contributed by atoms with E-state index in [-0.39, 0.29) is 0 Å². The Morgan fingerprint density at radius 1 is 1.40 bits per heavy atom. The highest BCUT2D eigenvalue weighted by Gasteiger charge is 2.26. The molecule has 0 saturated carbocycles. The number of para-hydroxylation sites is 1. The van der Waals surface area contributed by atoms with Crippen molar-refractivity contribution in [1.29, 1.82) is 0 Å². The zero-order valence-electron chi connectivity index (χ0n) is 5.28. The second-order valence-corrected chi connectivity index (χ2v) is 2.19. The minimum atomic E-state index is 0.343. The van der Waals surface area contributed by atoms with Crippen molar-refractivity contribution in [3.63, 3.8) is 0 Å². The summed E-state index contributed by atoms with van der Waals surface area (Å²) in [4.78, 5) is 16.0. The van der Waals surface area contributed by atoms with Crippen LogP contribution in [0.25, 0.3) is 0 Å². The SMILES string of the molecule is O=[N+]1Cc2ccccc2O1. The highest BCUT2D eigenvalue weighted by Crippen LogP contribution is 2.23. The molecule has 0 amide bonds. The zero-order valence-corrected chi connectivity index (χ0v) is 5.28. The molecule has 1 aromatic carbocycles. The molecule has 10 heavy (non-hydrogen) atoms. The van der Waals surface area contributed by atoms with Crippen LogP contribution in [0.1, 0.15) is 5.56 Å². The molecule has 1 aromatic rings. The lowest BCUT2D eigenvalue weighted by atomic mass is 10.2. The van der Waals surface area contributed by atoms with Crippen molar-refractivity contribution in [2.45, 2.75) is 6.54 Å². The van der Waals surface area contributed by atoms with E-state index < -0.39 is 0 Å². The first-order valence-corrected chi connectivity index (χ1v) is 3.07. The summed E-state index contributed by atoms with van der Waals surface area (Å²) in [5.74, 6) is 0.678. The van der Waals surface area contributed by atoms with E-state index in [2.05, 4.69) is 0 Å². The molecule has 1 aliphatic rings. The highest BCUT2D eigenvalue weighted by atomic mass is 16.8. The third-order valence-electron chi connectivity index (χ3n) is 1.47. The molecule has 0 aliphatic carbocycles. The molecule has 2 rings (SSSR count). The van der Waals surface area contributed by atoms with Crippen LogP contribution >= 0.6 is 0 Å². The lowest BCUT2D eigenvalue weighted by Crippen LogP contribution is -2.01. The molecule has 0 atom stereocenters.